The van der Waals surface area contributed by atoms with Crippen LogP contribution in [0, 0.1) is 3.57 Å². The van der Waals surface area contributed by atoms with Crippen LogP contribution in [-0.4, -0.2) is 15.6 Å². The molecule has 0 unspecified atom stereocenters. The van der Waals surface area contributed by atoms with Crippen LogP contribution >= 0.6 is 34.2 Å². The summed E-state index contributed by atoms with van der Waals surface area (Å²) in [7, 11) is 0. The van der Waals surface area contributed by atoms with E-state index in [1.54, 1.807) is 30.6 Å². The number of rotatable bonds is 1. The molecule has 0 spiro atoms. The summed E-state index contributed by atoms with van der Waals surface area (Å²) >= 11 is 7.93. The maximum absolute atomic E-state index is 11.7. The molecule has 0 aliphatic rings. The summed E-state index contributed by atoms with van der Waals surface area (Å²) < 4.78 is 2.25. The van der Waals surface area contributed by atoms with E-state index in [0.29, 0.717) is 5.02 Å². The van der Waals surface area contributed by atoms with E-state index in [0.717, 1.165) is 9.26 Å². The summed E-state index contributed by atoms with van der Waals surface area (Å²) in [6.45, 7) is 0. The van der Waals surface area contributed by atoms with Crippen molar-refractivity contribution in [2.24, 2.45) is 0 Å². The second-order valence-electron chi connectivity index (χ2n) is 3.02. The molecule has 6 heteroatoms. The van der Waals surface area contributed by atoms with Crippen LogP contribution in [0.2, 0.25) is 5.02 Å². The van der Waals surface area contributed by atoms with Gasteiger partial charge in [-0.2, -0.15) is 0 Å². The van der Waals surface area contributed by atoms with Gasteiger partial charge in [-0.3, -0.25) is 4.57 Å². The zero-order valence-electron chi connectivity index (χ0n) is 8.02. The van der Waals surface area contributed by atoms with Crippen LogP contribution in [0.3, 0.4) is 0 Å². The summed E-state index contributed by atoms with van der Waals surface area (Å²) in [5, 5.41) is 3.40. The number of benzene rings is 1. The number of anilines is 1. The first kappa shape index (κ1) is 11.4. The van der Waals surface area contributed by atoms with E-state index in [1.165, 1.54) is 10.9 Å². The molecule has 82 valence electrons. The molecular formula is C10H7ClIN3O. The Kier molecular flexibility index (Phi) is 3.45. The molecule has 0 radical (unpaired) electrons. The first-order valence-corrected chi connectivity index (χ1v) is 5.87. The Bertz CT molecular complexity index is 513. The number of hydrogen-bond donors (Lipinski definition) is 1. The van der Waals surface area contributed by atoms with Crippen LogP contribution in [0.4, 0.5) is 10.5 Å². The molecule has 0 aliphatic carbocycles. The Hall–Kier alpha value is -1.08. The number of nitrogens with zero attached hydrogens (tertiary/aromatic N) is 2. The summed E-state index contributed by atoms with van der Waals surface area (Å²) in [5.41, 5.74) is 0.726. The van der Waals surface area contributed by atoms with E-state index in [-0.39, 0.29) is 6.03 Å². The smallest absolute Gasteiger partial charge is 0.306 e. The Labute approximate surface area is 111 Å². The lowest BCUT2D eigenvalue weighted by Crippen LogP contribution is -2.18. The van der Waals surface area contributed by atoms with Gasteiger partial charge in [-0.1, -0.05) is 11.6 Å². The summed E-state index contributed by atoms with van der Waals surface area (Å²) in [6, 6.07) is 5.02. The molecule has 0 aliphatic heterocycles. The molecule has 0 saturated carbocycles. The Morgan fingerprint density at radius 3 is 2.94 bits per heavy atom. The van der Waals surface area contributed by atoms with E-state index in [9.17, 15) is 4.79 Å². The van der Waals surface area contributed by atoms with Gasteiger partial charge in [0, 0.05) is 21.0 Å². The van der Waals surface area contributed by atoms with E-state index >= 15 is 0 Å². The lowest BCUT2D eigenvalue weighted by atomic mass is 10.3. The number of aromatic nitrogens is 2. The third-order valence-corrected chi connectivity index (χ3v) is 3.04. The highest BCUT2D eigenvalue weighted by Crippen LogP contribution is 2.22. The number of imidazole rings is 1. The van der Waals surface area contributed by atoms with Gasteiger partial charge in [0.25, 0.3) is 0 Å². The fourth-order valence-corrected chi connectivity index (χ4v) is 2.16. The minimum Gasteiger partial charge on any atom is -0.306 e. The lowest BCUT2D eigenvalue weighted by Gasteiger charge is -2.07. The topological polar surface area (TPSA) is 46.9 Å². The molecule has 2 aromatic rings. The molecule has 0 saturated heterocycles. The van der Waals surface area contributed by atoms with Crippen molar-refractivity contribution in [3.05, 3.63) is 45.5 Å². The van der Waals surface area contributed by atoms with Crippen molar-refractivity contribution in [1.82, 2.24) is 9.55 Å². The van der Waals surface area contributed by atoms with Gasteiger partial charge in [-0.05, 0) is 40.8 Å². The van der Waals surface area contributed by atoms with E-state index in [1.807, 2.05) is 0 Å². The standard InChI is InChI=1S/C10H7ClIN3O/c11-7-1-2-9(8(12)5-7)14-10(16)15-4-3-13-6-15/h1-6H,(H,14,16). The fourth-order valence-electron chi connectivity index (χ4n) is 1.15. The van der Waals surface area contributed by atoms with Gasteiger partial charge in [-0.25, -0.2) is 9.78 Å². The average molecular weight is 348 g/mol. The molecule has 1 aromatic heterocycles. The highest BCUT2D eigenvalue weighted by molar-refractivity contribution is 14.1. The highest BCUT2D eigenvalue weighted by Gasteiger charge is 2.06. The third kappa shape index (κ3) is 2.53. The van der Waals surface area contributed by atoms with Crippen molar-refractivity contribution in [1.29, 1.82) is 0 Å². The SMILES string of the molecule is O=C(Nc1ccc(Cl)cc1I)n1ccnc1. The number of nitrogens with one attached hydrogen (secondary N) is 1. The summed E-state index contributed by atoms with van der Waals surface area (Å²) in [6.07, 6.45) is 4.57. The lowest BCUT2D eigenvalue weighted by molar-refractivity contribution is 0.253. The third-order valence-electron chi connectivity index (χ3n) is 1.91. The molecule has 1 heterocycles. The maximum Gasteiger partial charge on any atom is 0.331 e. The zero-order chi connectivity index (χ0) is 11.5. The highest BCUT2D eigenvalue weighted by atomic mass is 127. The Balaban J connectivity index is 2.18. The van der Waals surface area contributed by atoms with Crippen molar-refractivity contribution < 1.29 is 4.79 Å². The van der Waals surface area contributed by atoms with Gasteiger partial charge >= 0.3 is 6.03 Å². The molecule has 1 amide bonds. The predicted molar refractivity (Wildman–Crippen MR) is 70.8 cm³/mol. The predicted octanol–water partition coefficient (Wildman–Crippen LogP) is 3.22. The number of amides is 1. The normalized spacial score (nSPS) is 10.1. The van der Waals surface area contributed by atoms with E-state index in [4.69, 9.17) is 11.6 Å². The Morgan fingerprint density at radius 2 is 2.31 bits per heavy atom. The van der Waals surface area contributed by atoms with E-state index in [2.05, 4.69) is 32.9 Å². The number of carbonyl (C=O) groups excluding carboxylic acids is 1. The zero-order valence-corrected chi connectivity index (χ0v) is 10.9. The van der Waals surface area contributed by atoms with Gasteiger partial charge in [0.15, 0.2) is 0 Å². The summed E-state index contributed by atoms with van der Waals surface area (Å²) in [5.74, 6) is 0. The molecule has 1 aromatic carbocycles. The second-order valence-corrected chi connectivity index (χ2v) is 4.62. The largest absolute Gasteiger partial charge is 0.331 e. The van der Waals surface area contributed by atoms with Crippen molar-refractivity contribution in [2.75, 3.05) is 5.32 Å². The molecule has 2 rings (SSSR count). The summed E-state index contributed by atoms with van der Waals surface area (Å²) in [4.78, 5) is 15.5. The second kappa shape index (κ2) is 4.84. The van der Waals surface area contributed by atoms with Crippen molar-refractivity contribution in [3.63, 3.8) is 0 Å². The molecule has 4 nitrogen and oxygen atoms in total. The minimum absolute atomic E-state index is 0.252. The van der Waals surface area contributed by atoms with Gasteiger partial charge in [-0.15, -0.1) is 0 Å². The van der Waals surface area contributed by atoms with Gasteiger partial charge in [0.1, 0.15) is 6.33 Å². The van der Waals surface area contributed by atoms with Gasteiger partial charge in [0.2, 0.25) is 0 Å². The van der Waals surface area contributed by atoms with Crippen molar-refractivity contribution in [3.8, 4) is 0 Å². The molecular weight excluding hydrogens is 340 g/mol. The van der Waals surface area contributed by atoms with Crippen LogP contribution < -0.4 is 5.32 Å². The molecule has 0 atom stereocenters. The molecule has 1 N–H and O–H groups in total. The van der Waals surface area contributed by atoms with E-state index < -0.39 is 0 Å². The van der Waals surface area contributed by atoms with Crippen LogP contribution in [0.1, 0.15) is 0 Å². The Morgan fingerprint density at radius 1 is 1.50 bits per heavy atom. The van der Waals surface area contributed by atoms with Gasteiger partial charge < -0.3 is 5.32 Å². The van der Waals surface area contributed by atoms with Gasteiger partial charge in [0.05, 0.1) is 5.69 Å². The monoisotopic (exact) mass is 347 g/mol. The van der Waals surface area contributed by atoms with Crippen molar-refractivity contribution >= 4 is 45.9 Å². The maximum atomic E-state index is 11.7. The quantitative estimate of drug-likeness (QED) is 0.805. The molecule has 0 bridgehead atoms. The number of halogens is 2. The fraction of sp³-hybridized carbons (Fsp3) is 0. The molecule has 0 fully saturated rings. The van der Waals surface area contributed by atoms with Crippen LogP contribution in [-0.2, 0) is 0 Å². The average Bonchev–Trinajstić information content (AvgIpc) is 2.75. The van der Waals surface area contributed by atoms with Crippen LogP contribution in [0.25, 0.3) is 0 Å². The molecule has 16 heavy (non-hydrogen) atoms. The number of carbonyl (C=O) groups is 1. The van der Waals surface area contributed by atoms with Crippen LogP contribution in [0.15, 0.2) is 36.9 Å². The minimum atomic E-state index is -0.252. The van der Waals surface area contributed by atoms with Crippen LogP contribution in [0.5, 0.6) is 0 Å². The first-order valence-electron chi connectivity index (χ1n) is 4.41. The first-order chi connectivity index (χ1) is 7.66. The van der Waals surface area contributed by atoms with Crippen molar-refractivity contribution in [2.45, 2.75) is 0 Å². The number of hydrogen-bond acceptors (Lipinski definition) is 2.